The molecule has 3 rings (SSSR count). The highest BCUT2D eigenvalue weighted by atomic mass is 16.7. The molecule has 2 bridgehead atoms. The maximum Gasteiger partial charge on any atom is 0.410 e. The second-order valence-electron chi connectivity index (χ2n) is 7.65. The Bertz CT molecular complexity index is 661. The van der Waals surface area contributed by atoms with E-state index < -0.39 is 5.79 Å². The zero-order valence-electron chi connectivity index (χ0n) is 16.8. The molecule has 28 heavy (non-hydrogen) atoms. The molecule has 7 nitrogen and oxygen atoms in total. The lowest BCUT2D eigenvalue weighted by molar-refractivity contribution is -0.199. The Morgan fingerprint density at radius 2 is 1.71 bits per heavy atom. The molecular weight excluding hydrogens is 362 g/mol. The third-order valence-electron chi connectivity index (χ3n) is 5.75. The van der Waals surface area contributed by atoms with E-state index in [0.717, 1.165) is 5.56 Å². The van der Waals surface area contributed by atoms with Crippen molar-refractivity contribution in [2.45, 2.75) is 50.7 Å². The van der Waals surface area contributed by atoms with Crippen molar-refractivity contribution in [3.8, 4) is 0 Å². The van der Waals surface area contributed by atoms with Crippen LogP contribution in [0.5, 0.6) is 0 Å². The molecule has 0 saturated carbocycles. The first-order valence-corrected chi connectivity index (χ1v) is 9.65. The molecule has 1 amide bonds. The van der Waals surface area contributed by atoms with Gasteiger partial charge < -0.3 is 18.9 Å². The van der Waals surface area contributed by atoms with Crippen molar-refractivity contribution in [1.29, 1.82) is 0 Å². The van der Waals surface area contributed by atoms with Crippen LogP contribution >= 0.6 is 0 Å². The van der Waals surface area contributed by atoms with Gasteiger partial charge in [0, 0.05) is 20.1 Å². The predicted octanol–water partition coefficient (Wildman–Crippen LogP) is 2.77. The summed E-state index contributed by atoms with van der Waals surface area (Å²) in [4.78, 5) is 27.3. The van der Waals surface area contributed by atoms with Crippen LogP contribution in [0.4, 0.5) is 4.79 Å². The first-order valence-electron chi connectivity index (χ1n) is 9.65. The number of hydrogen-bond donors (Lipinski definition) is 0. The minimum Gasteiger partial charge on any atom is -0.445 e. The summed E-state index contributed by atoms with van der Waals surface area (Å²) in [6, 6.07) is 9.29. The number of morpholine rings is 1. The first-order chi connectivity index (χ1) is 13.5. The number of benzene rings is 1. The Morgan fingerprint density at radius 1 is 1.11 bits per heavy atom. The van der Waals surface area contributed by atoms with Gasteiger partial charge in [0.15, 0.2) is 5.79 Å². The fourth-order valence-corrected chi connectivity index (χ4v) is 3.96. The van der Waals surface area contributed by atoms with E-state index in [-0.39, 0.29) is 42.9 Å². The van der Waals surface area contributed by atoms with Crippen molar-refractivity contribution in [3.63, 3.8) is 0 Å². The highest BCUT2D eigenvalue weighted by Crippen LogP contribution is 2.34. The molecule has 2 aliphatic rings. The van der Waals surface area contributed by atoms with Gasteiger partial charge in [0.1, 0.15) is 12.4 Å². The van der Waals surface area contributed by atoms with Crippen LogP contribution in [0.1, 0.15) is 31.7 Å². The zero-order valence-corrected chi connectivity index (χ0v) is 16.8. The lowest BCUT2D eigenvalue weighted by atomic mass is 9.81. The largest absolute Gasteiger partial charge is 0.445 e. The number of rotatable bonds is 7. The van der Waals surface area contributed by atoms with Crippen LogP contribution in [0.25, 0.3) is 0 Å². The van der Waals surface area contributed by atoms with E-state index >= 15 is 0 Å². The van der Waals surface area contributed by atoms with Gasteiger partial charge in [-0.15, -0.1) is 0 Å². The fraction of sp³-hybridized carbons (Fsp3) is 0.619. The van der Waals surface area contributed by atoms with Crippen molar-refractivity contribution in [2.24, 2.45) is 5.92 Å². The normalized spacial score (nSPS) is 24.7. The molecule has 1 aromatic rings. The molecule has 0 aromatic heterocycles. The van der Waals surface area contributed by atoms with Crippen LogP contribution in [0, 0.1) is 5.92 Å². The van der Waals surface area contributed by atoms with Gasteiger partial charge in [-0.1, -0.05) is 30.3 Å². The topological polar surface area (TPSA) is 74.3 Å². The number of methoxy groups -OCH3 is 2. The predicted molar refractivity (Wildman–Crippen MR) is 102 cm³/mol. The van der Waals surface area contributed by atoms with Gasteiger partial charge in [-0.05, 0) is 25.3 Å². The molecule has 7 heteroatoms. The molecule has 0 radical (unpaired) electrons. The molecule has 2 heterocycles. The summed E-state index contributed by atoms with van der Waals surface area (Å²) in [6.45, 7) is 2.84. The number of Topliss-reactive ketones (excluding diaryl/α,β-unsaturated/α-hetero) is 1. The van der Waals surface area contributed by atoms with Gasteiger partial charge in [0.25, 0.3) is 0 Å². The van der Waals surface area contributed by atoms with E-state index in [1.807, 2.05) is 30.3 Å². The zero-order chi connectivity index (χ0) is 20.1. The molecule has 154 valence electrons. The van der Waals surface area contributed by atoms with Crippen molar-refractivity contribution in [3.05, 3.63) is 35.9 Å². The standard InChI is InChI=1S/C21H29NO6/c1-21(25-2,26-3)11-19(23)16-9-17-13-27-14-18(10-16)22(17)20(24)28-12-15-7-5-4-6-8-15/h4-8,16-18H,9-14H2,1-3H3. The van der Waals surface area contributed by atoms with E-state index in [4.69, 9.17) is 18.9 Å². The van der Waals surface area contributed by atoms with E-state index in [1.165, 1.54) is 14.2 Å². The van der Waals surface area contributed by atoms with Crippen LogP contribution in [-0.4, -0.2) is 62.1 Å². The lowest BCUT2D eigenvalue weighted by Gasteiger charge is -2.47. The van der Waals surface area contributed by atoms with Gasteiger partial charge >= 0.3 is 6.09 Å². The lowest BCUT2D eigenvalue weighted by Crippen LogP contribution is -2.60. The van der Waals surface area contributed by atoms with Gasteiger partial charge in [-0.2, -0.15) is 0 Å². The number of amides is 1. The van der Waals surface area contributed by atoms with Crippen LogP contribution in [0.3, 0.4) is 0 Å². The Balaban J connectivity index is 1.61. The van der Waals surface area contributed by atoms with Crippen LogP contribution in [0.2, 0.25) is 0 Å². The summed E-state index contributed by atoms with van der Waals surface area (Å²) < 4.78 is 21.8. The highest BCUT2D eigenvalue weighted by molar-refractivity contribution is 5.82. The van der Waals surface area contributed by atoms with E-state index in [9.17, 15) is 9.59 Å². The number of ether oxygens (including phenoxy) is 4. The number of piperidine rings is 1. The van der Waals surface area contributed by atoms with Gasteiger partial charge in [0.05, 0.1) is 31.7 Å². The van der Waals surface area contributed by atoms with Gasteiger partial charge in [-0.3, -0.25) is 9.69 Å². The Kier molecular flexibility index (Phi) is 6.69. The monoisotopic (exact) mass is 391 g/mol. The number of fused-ring (bicyclic) bond motifs is 2. The third-order valence-corrected chi connectivity index (χ3v) is 5.75. The summed E-state index contributed by atoms with van der Waals surface area (Å²) in [5, 5.41) is 0. The summed E-state index contributed by atoms with van der Waals surface area (Å²) in [5.41, 5.74) is 0.945. The van der Waals surface area contributed by atoms with Crippen LogP contribution in [0.15, 0.2) is 30.3 Å². The molecule has 1 aromatic carbocycles. The van der Waals surface area contributed by atoms with E-state index in [1.54, 1.807) is 11.8 Å². The quantitative estimate of drug-likeness (QED) is 0.666. The Hall–Kier alpha value is -1.96. The smallest absolute Gasteiger partial charge is 0.410 e. The van der Waals surface area contributed by atoms with Crippen molar-refractivity contribution in [1.82, 2.24) is 4.90 Å². The van der Waals surface area contributed by atoms with Gasteiger partial charge in [0.2, 0.25) is 0 Å². The average molecular weight is 391 g/mol. The van der Waals surface area contributed by atoms with Crippen molar-refractivity contribution < 1.29 is 28.5 Å². The SMILES string of the molecule is COC(C)(CC(=O)C1CC2COCC(C1)N2C(=O)OCc1ccccc1)OC. The Morgan fingerprint density at radius 3 is 2.29 bits per heavy atom. The Labute approximate surface area is 165 Å². The second-order valence-corrected chi connectivity index (χ2v) is 7.65. The second kappa shape index (κ2) is 9.03. The van der Waals surface area contributed by atoms with E-state index in [2.05, 4.69) is 0 Å². The first kappa shape index (κ1) is 20.8. The highest BCUT2D eigenvalue weighted by Gasteiger charge is 2.45. The van der Waals surface area contributed by atoms with Crippen LogP contribution in [-0.2, 0) is 30.3 Å². The van der Waals surface area contributed by atoms with Crippen molar-refractivity contribution in [2.75, 3.05) is 27.4 Å². The molecule has 0 spiro atoms. The van der Waals surface area contributed by atoms with Crippen LogP contribution < -0.4 is 0 Å². The molecular formula is C21H29NO6. The number of ketones is 1. The summed E-state index contributed by atoms with van der Waals surface area (Å²) in [7, 11) is 3.06. The molecule has 2 saturated heterocycles. The molecule has 0 N–H and O–H groups in total. The van der Waals surface area contributed by atoms with E-state index in [0.29, 0.717) is 26.1 Å². The van der Waals surface area contributed by atoms with Gasteiger partial charge in [-0.25, -0.2) is 4.79 Å². The minimum absolute atomic E-state index is 0.0976. The molecule has 2 unspecified atom stereocenters. The van der Waals surface area contributed by atoms with Crippen molar-refractivity contribution >= 4 is 11.9 Å². The average Bonchev–Trinajstić information content (AvgIpc) is 2.71. The summed E-state index contributed by atoms with van der Waals surface area (Å²) in [6.07, 6.45) is 0.980. The molecule has 2 atom stereocenters. The number of hydrogen-bond acceptors (Lipinski definition) is 6. The minimum atomic E-state index is -0.922. The number of carbonyl (C=O) groups is 2. The molecule has 2 aliphatic heterocycles. The fourth-order valence-electron chi connectivity index (χ4n) is 3.96. The maximum atomic E-state index is 12.8. The third kappa shape index (κ3) is 4.71. The number of carbonyl (C=O) groups excluding carboxylic acids is 2. The summed E-state index contributed by atoms with van der Waals surface area (Å²) >= 11 is 0. The summed E-state index contributed by atoms with van der Waals surface area (Å²) in [5.74, 6) is -0.962. The maximum absolute atomic E-state index is 12.8. The molecule has 2 fully saturated rings. The number of nitrogens with zero attached hydrogens (tertiary/aromatic N) is 1. The molecule has 0 aliphatic carbocycles.